The van der Waals surface area contributed by atoms with Gasteiger partial charge in [-0.15, -0.1) is 0 Å². The molecular weight excluding hydrogens is 488 g/mol. The number of amidine groups is 1. The molecule has 0 saturated carbocycles. The highest BCUT2D eigenvalue weighted by atomic mass is 16.5. The number of hydrogen-bond donors (Lipinski definition) is 2. The standard InChI is InChI=1S/C33H34N2O4/c1-20-11-13-21(14-12-20)31(37)30-28(24-17-23(38-4)15-16-27(24)39-5)29-25(18-33(2,3)19-26(29)36)35(32(30)34)22-9-7-6-8-10-22/h6-17,28,34,37H,18-19H2,1-5H3/t28-/m0/s1. The topological polar surface area (TPSA) is 82.8 Å². The van der Waals surface area contributed by atoms with Crippen molar-refractivity contribution in [1.29, 1.82) is 5.41 Å². The molecule has 0 unspecified atom stereocenters. The number of carbonyl (C=O) groups is 1. The second kappa shape index (κ2) is 10.1. The largest absolute Gasteiger partial charge is 0.507 e. The SMILES string of the molecule is COc1ccc(OC)c([C@@H]2C(=C(O)c3ccc(C)cc3)C(=N)N(c3ccccc3)C3=C2C(=O)CC(C)(C)C3)c1. The van der Waals surface area contributed by atoms with Gasteiger partial charge in [0.05, 0.1) is 20.1 Å². The van der Waals surface area contributed by atoms with Crippen LogP contribution in [0, 0.1) is 17.7 Å². The van der Waals surface area contributed by atoms with Crippen molar-refractivity contribution < 1.29 is 19.4 Å². The number of benzene rings is 3. The van der Waals surface area contributed by atoms with Gasteiger partial charge in [0.2, 0.25) is 0 Å². The summed E-state index contributed by atoms with van der Waals surface area (Å²) in [5.41, 5.74) is 4.49. The number of aliphatic hydroxyl groups is 1. The number of allylic oxidation sites excluding steroid dienone is 2. The van der Waals surface area contributed by atoms with E-state index in [9.17, 15) is 15.3 Å². The van der Waals surface area contributed by atoms with Crippen LogP contribution in [0.1, 0.15) is 49.3 Å². The van der Waals surface area contributed by atoms with Gasteiger partial charge in [-0.1, -0.05) is 61.9 Å². The molecule has 5 rings (SSSR count). The average molecular weight is 523 g/mol. The Morgan fingerprint density at radius 2 is 1.67 bits per heavy atom. The van der Waals surface area contributed by atoms with Crippen LogP contribution in [0.4, 0.5) is 5.69 Å². The van der Waals surface area contributed by atoms with Crippen molar-refractivity contribution >= 4 is 23.1 Å². The highest BCUT2D eigenvalue weighted by molar-refractivity contribution is 6.19. The Balaban J connectivity index is 1.89. The number of hydrogen-bond acceptors (Lipinski definition) is 5. The minimum Gasteiger partial charge on any atom is -0.507 e. The van der Waals surface area contributed by atoms with Gasteiger partial charge in [0.15, 0.2) is 5.78 Å². The fraction of sp³-hybridized carbons (Fsp3) is 0.273. The number of carbonyl (C=O) groups excluding carboxylic acids is 1. The molecule has 0 saturated heterocycles. The van der Waals surface area contributed by atoms with Crippen LogP contribution in [0.2, 0.25) is 0 Å². The van der Waals surface area contributed by atoms with E-state index in [-0.39, 0.29) is 22.8 Å². The Labute approximate surface area is 229 Å². The van der Waals surface area contributed by atoms with Crippen LogP contribution in [0.25, 0.3) is 5.76 Å². The maximum Gasteiger partial charge on any atom is 0.162 e. The number of para-hydroxylation sites is 1. The summed E-state index contributed by atoms with van der Waals surface area (Å²) >= 11 is 0. The van der Waals surface area contributed by atoms with Gasteiger partial charge < -0.3 is 14.6 Å². The van der Waals surface area contributed by atoms with E-state index in [0.29, 0.717) is 46.6 Å². The van der Waals surface area contributed by atoms with E-state index in [0.717, 1.165) is 16.9 Å². The summed E-state index contributed by atoms with van der Waals surface area (Å²) in [7, 11) is 3.17. The lowest BCUT2D eigenvalue weighted by molar-refractivity contribution is -0.118. The van der Waals surface area contributed by atoms with E-state index in [4.69, 9.17) is 9.47 Å². The number of ether oxygens (including phenoxy) is 2. The van der Waals surface area contributed by atoms with E-state index in [1.54, 1.807) is 26.4 Å². The Morgan fingerprint density at radius 1 is 0.974 bits per heavy atom. The number of methoxy groups -OCH3 is 2. The van der Waals surface area contributed by atoms with Crippen molar-refractivity contribution in [1.82, 2.24) is 0 Å². The zero-order valence-corrected chi connectivity index (χ0v) is 23.0. The molecule has 0 radical (unpaired) electrons. The van der Waals surface area contributed by atoms with E-state index >= 15 is 0 Å². The molecule has 1 atom stereocenters. The minimum atomic E-state index is -0.720. The smallest absolute Gasteiger partial charge is 0.162 e. The van der Waals surface area contributed by atoms with E-state index in [2.05, 4.69) is 13.8 Å². The maximum absolute atomic E-state index is 14.1. The van der Waals surface area contributed by atoms with Gasteiger partial charge in [-0.05, 0) is 49.1 Å². The lowest BCUT2D eigenvalue weighted by Crippen LogP contribution is -2.45. The molecule has 0 amide bonds. The van der Waals surface area contributed by atoms with Gasteiger partial charge in [-0.25, -0.2) is 0 Å². The molecule has 0 spiro atoms. The van der Waals surface area contributed by atoms with Crippen LogP contribution < -0.4 is 14.4 Å². The van der Waals surface area contributed by atoms with Gasteiger partial charge >= 0.3 is 0 Å². The lowest BCUT2D eigenvalue weighted by atomic mass is 9.67. The predicted molar refractivity (Wildman–Crippen MR) is 155 cm³/mol. The second-order valence-electron chi connectivity index (χ2n) is 11.0. The number of Topliss-reactive ketones (excluding diaryl/α,β-unsaturated/α-hetero) is 1. The summed E-state index contributed by atoms with van der Waals surface area (Å²) in [6.07, 6.45) is 0.968. The molecule has 1 aliphatic heterocycles. The summed E-state index contributed by atoms with van der Waals surface area (Å²) in [5.74, 6) is 0.516. The van der Waals surface area contributed by atoms with Gasteiger partial charge in [-0.2, -0.15) is 0 Å². The quantitative estimate of drug-likeness (QED) is 0.346. The minimum absolute atomic E-state index is 0.00115. The van der Waals surface area contributed by atoms with Crippen LogP contribution in [0.3, 0.4) is 0 Å². The number of rotatable bonds is 5. The third-order valence-electron chi connectivity index (χ3n) is 7.56. The van der Waals surface area contributed by atoms with Crippen molar-refractivity contribution in [2.45, 2.75) is 39.5 Å². The van der Waals surface area contributed by atoms with Crippen molar-refractivity contribution in [2.75, 3.05) is 19.1 Å². The van der Waals surface area contributed by atoms with Gasteiger partial charge in [-0.3, -0.25) is 15.1 Å². The molecule has 200 valence electrons. The van der Waals surface area contributed by atoms with Crippen LogP contribution >= 0.6 is 0 Å². The summed E-state index contributed by atoms with van der Waals surface area (Å²) in [5, 5.41) is 21.5. The molecule has 1 heterocycles. The molecular formula is C33H34N2O4. The fourth-order valence-corrected chi connectivity index (χ4v) is 5.72. The molecule has 6 nitrogen and oxygen atoms in total. The van der Waals surface area contributed by atoms with Crippen LogP contribution in [0.15, 0.2) is 89.6 Å². The van der Waals surface area contributed by atoms with E-state index < -0.39 is 5.92 Å². The number of ketones is 1. The molecule has 6 heteroatoms. The maximum atomic E-state index is 14.1. The number of nitrogens with one attached hydrogen (secondary N) is 1. The zero-order chi connectivity index (χ0) is 27.9. The first-order valence-electron chi connectivity index (χ1n) is 13.1. The van der Waals surface area contributed by atoms with Crippen LogP contribution in [-0.2, 0) is 4.79 Å². The van der Waals surface area contributed by atoms with Crippen molar-refractivity contribution in [2.24, 2.45) is 5.41 Å². The molecule has 1 aliphatic carbocycles. The third kappa shape index (κ3) is 4.71. The number of nitrogens with zero attached hydrogens (tertiary/aromatic N) is 1. The molecule has 39 heavy (non-hydrogen) atoms. The Morgan fingerprint density at radius 3 is 2.31 bits per heavy atom. The summed E-state index contributed by atoms with van der Waals surface area (Å²) in [6, 6.07) is 22.6. The van der Waals surface area contributed by atoms with Gasteiger partial charge in [0.25, 0.3) is 0 Å². The first kappa shape index (κ1) is 26.3. The zero-order valence-electron chi connectivity index (χ0n) is 23.0. The highest BCUT2D eigenvalue weighted by Gasteiger charge is 2.47. The molecule has 0 aromatic heterocycles. The number of aryl methyl sites for hydroxylation is 1. The average Bonchev–Trinajstić information content (AvgIpc) is 2.92. The van der Waals surface area contributed by atoms with E-state index in [1.165, 1.54) is 0 Å². The normalized spacial score (nSPS) is 20.0. The molecule has 3 aromatic carbocycles. The number of anilines is 1. The Hall–Kier alpha value is -4.32. The summed E-state index contributed by atoms with van der Waals surface area (Å²) in [6.45, 7) is 6.15. The first-order chi connectivity index (χ1) is 18.6. The van der Waals surface area contributed by atoms with Crippen LogP contribution in [-0.4, -0.2) is 30.9 Å². The molecule has 2 aliphatic rings. The fourth-order valence-electron chi connectivity index (χ4n) is 5.72. The molecule has 0 fully saturated rings. The lowest BCUT2D eigenvalue weighted by Gasteiger charge is -2.45. The molecule has 3 aromatic rings. The van der Waals surface area contributed by atoms with Crippen LogP contribution in [0.5, 0.6) is 11.5 Å². The van der Waals surface area contributed by atoms with Crippen molar-refractivity contribution in [3.8, 4) is 11.5 Å². The van der Waals surface area contributed by atoms with Crippen molar-refractivity contribution in [3.63, 3.8) is 0 Å². The van der Waals surface area contributed by atoms with Gasteiger partial charge in [0.1, 0.15) is 23.1 Å². The molecule has 0 bridgehead atoms. The molecule has 2 N–H and O–H groups in total. The number of aliphatic hydroxyl groups excluding tert-OH is 1. The Kier molecular flexibility index (Phi) is 6.81. The Bertz CT molecular complexity index is 1500. The van der Waals surface area contributed by atoms with Gasteiger partial charge in [0, 0.05) is 40.1 Å². The predicted octanol–water partition coefficient (Wildman–Crippen LogP) is 7.21. The summed E-state index contributed by atoms with van der Waals surface area (Å²) in [4.78, 5) is 15.9. The summed E-state index contributed by atoms with van der Waals surface area (Å²) < 4.78 is 11.3. The monoisotopic (exact) mass is 522 g/mol. The third-order valence-corrected chi connectivity index (χ3v) is 7.56. The highest BCUT2D eigenvalue weighted by Crippen LogP contribution is 2.53. The first-order valence-corrected chi connectivity index (χ1v) is 13.1. The van der Waals surface area contributed by atoms with E-state index in [1.807, 2.05) is 72.5 Å². The second-order valence-corrected chi connectivity index (χ2v) is 11.0. The van der Waals surface area contributed by atoms with Crippen molar-refractivity contribution in [3.05, 3.63) is 106 Å².